The molecule has 0 unspecified atom stereocenters. The summed E-state index contributed by atoms with van der Waals surface area (Å²) in [4.78, 5) is 11.4. The average molecular weight is 272 g/mol. The Morgan fingerprint density at radius 2 is 2.00 bits per heavy atom. The van der Waals surface area contributed by atoms with Crippen LogP contribution in [0.4, 0.5) is 8.78 Å². The standard InChI is InChI=1S/C13H18F2N2O2/c1-2-11(16)12(18)17-8-7-9-3-5-10(6-4-9)19-13(14)15/h3-6,11,13H,2,7-8,16H2,1H3,(H,17,18)/t11-/m0/s1. The third kappa shape index (κ3) is 5.65. The largest absolute Gasteiger partial charge is 0.435 e. The number of amides is 1. The van der Waals surface area contributed by atoms with Gasteiger partial charge in [0.2, 0.25) is 5.91 Å². The van der Waals surface area contributed by atoms with E-state index in [1.54, 1.807) is 12.1 Å². The zero-order valence-electron chi connectivity index (χ0n) is 10.7. The van der Waals surface area contributed by atoms with Gasteiger partial charge in [0.1, 0.15) is 5.75 Å². The smallest absolute Gasteiger partial charge is 0.387 e. The van der Waals surface area contributed by atoms with Gasteiger partial charge in [-0.05, 0) is 30.5 Å². The fraction of sp³-hybridized carbons (Fsp3) is 0.462. The Bertz CT molecular complexity index is 396. The summed E-state index contributed by atoms with van der Waals surface area (Å²) < 4.78 is 28.1. The number of benzene rings is 1. The molecule has 0 aromatic heterocycles. The number of ether oxygens (including phenoxy) is 1. The van der Waals surface area contributed by atoms with Crippen LogP contribution in [-0.2, 0) is 11.2 Å². The monoisotopic (exact) mass is 272 g/mol. The van der Waals surface area contributed by atoms with Gasteiger partial charge in [0.15, 0.2) is 0 Å². The number of halogens is 2. The molecule has 1 amide bonds. The van der Waals surface area contributed by atoms with Crippen LogP contribution in [0.25, 0.3) is 0 Å². The molecule has 0 fully saturated rings. The van der Waals surface area contributed by atoms with E-state index in [9.17, 15) is 13.6 Å². The Morgan fingerprint density at radius 3 is 2.53 bits per heavy atom. The summed E-state index contributed by atoms with van der Waals surface area (Å²) in [5, 5.41) is 2.71. The number of nitrogens with two attached hydrogens (primary N) is 1. The van der Waals surface area contributed by atoms with Crippen molar-refractivity contribution in [3.8, 4) is 5.75 Å². The van der Waals surface area contributed by atoms with Crippen LogP contribution < -0.4 is 15.8 Å². The van der Waals surface area contributed by atoms with E-state index in [1.807, 2.05) is 6.92 Å². The minimum Gasteiger partial charge on any atom is -0.435 e. The molecule has 106 valence electrons. The fourth-order valence-electron chi connectivity index (χ4n) is 1.48. The third-order valence-electron chi connectivity index (χ3n) is 2.64. The summed E-state index contributed by atoms with van der Waals surface area (Å²) in [6.07, 6.45) is 1.20. The molecule has 0 saturated heterocycles. The molecular formula is C13H18F2N2O2. The average Bonchev–Trinajstić information content (AvgIpc) is 2.39. The van der Waals surface area contributed by atoms with E-state index in [4.69, 9.17) is 5.73 Å². The van der Waals surface area contributed by atoms with Crippen LogP contribution in [0.5, 0.6) is 5.75 Å². The van der Waals surface area contributed by atoms with Gasteiger partial charge in [0, 0.05) is 6.54 Å². The molecule has 1 atom stereocenters. The van der Waals surface area contributed by atoms with Gasteiger partial charge >= 0.3 is 6.61 Å². The van der Waals surface area contributed by atoms with E-state index in [0.717, 1.165) is 5.56 Å². The van der Waals surface area contributed by atoms with Crippen molar-refractivity contribution < 1.29 is 18.3 Å². The third-order valence-corrected chi connectivity index (χ3v) is 2.64. The van der Waals surface area contributed by atoms with Crippen LogP contribution in [0.15, 0.2) is 24.3 Å². The summed E-state index contributed by atoms with van der Waals surface area (Å²) in [6, 6.07) is 5.83. The number of carbonyl (C=O) groups excluding carboxylic acids is 1. The van der Waals surface area contributed by atoms with Gasteiger partial charge in [-0.25, -0.2) is 0 Å². The van der Waals surface area contributed by atoms with Gasteiger partial charge in [-0.2, -0.15) is 8.78 Å². The van der Waals surface area contributed by atoms with Gasteiger partial charge in [-0.3, -0.25) is 4.79 Å². The number of carbonyl (C=O) groups is 1. The van der Waals surface area contributed by atoms with Crippen molar-refractivity contribution >= 4 is 5.91 Å². The molecule has 4 nitrogen and oxygen atoms in total. The number of rotatable bonds is 7. The summed E-state index contributed by atoms with van der Waals surface area (Å²) in [5.74, 6) is -0.0593. The van der Waals surface area contributed by atoms with Crippen LogP contribution in [0, 0.1) is 0 Å². The van der Waals surface area contributed by atoms with Crippen molar-refractivity contribution in [2.45, 2.75) is 32.4 Å². The minimum absolute atomic E-state index is 0.121. The maximum Gasteiger partial charge on any atom is 0.387 e. The van der Waals surface area contributed by atoms with Crippen LogP contribution >= 0.6 is 0 Å². The first-order chi connectivity index (χ1) is 9.02. The van der Waals surface area contributed by atoms with E-state index in [0.29, 0.717) is 19.4 Å². The molecule has 6 heteroatoms. The van der Waals surface area contributed by atoms with Crippen molar-refractivity contribution in [1.29, 1.82) is 0 Å². The highest BCUT2D eigenvalue weighted by Gasteiger charge is 2.09. The molecule has 0 spiro atoms. The van der Waals surface area contributed by atoms with Crippen molar-refractivity contribution in [1.82, 2.24) is 5.32 Å². The molecule has 0 aliphatic carbocycles. The first kappa shape index (κ1) is 15.4. The van der Waals surface area contributed by atoms with Crippen molar-refractivity contribution in [3.63, 3.8) is 0 Å². The lowest BCUT2D eigenvalue weighted by Gasteiger charge is -2.10. The van der Waals surface area contributed by atoms with Crippen LogP contribution in [0.3, 0.4) is 0 Å². The molecule has 19 heavy (non-hydrogen) atoms. The van der Waals surface area contributed by atoms with Crippen LogP contribution in [0.2, 0.25) is 0 Å². The molecule has 1 aromatic rings. The summed E-state index contributed by atoms with van der Waals surface area (Å²) >= 11 is 0. The topological polar surface area (TPSA) is 64.4 Å². The number of hydrogen-bond acceptors (Lipinski definition) is 3. The summed E-state index contributed by atoms with van der Waals surface area (Å²) in [6.45, 7) is -0.520. The molecule has 0 bridgehead atoms. The molecule has 0 aliphatic rings. The maximum absolute atomic E-state index is 11.9. The Hall–Kier alpha value is -1.69. The lowest BCUT2D eigenvalue weighted by Crippen LogP contribution is -2.40. The van der Waals surface area contributed by atoms with E-state index < -0.39 is 12.7 Å². The van der Waals surface area contributed by atoms with Gasteiger partial charge in [-0.1, -0.05) is 19.1 Å². The lowest BCUT2D eigenvalue weighted by atomic mass is 10.1. The predicted molar refractivity (Wildman–Crippen MR) is 68.1 cm³/mol. The van der Waals surface area contributed by atoms with Crippen molar-refractivity contribution in [2.75, 3.05) is 6.54 Å². The maximum atomic E-state index is 11.9. The first-order valence-corrected chi connectivity index (χ1v) is 6.10. The van der Waals surface area contributed by atoms with Crippen LogP contribution in [-0.4, -0.2) is 25.1 Å². The fourth-order valence-corrected chi connectivity index (χ4v) is 1.48. The number of hydrogen-bond donors (Lipinski definition) is 2. The van der Waals surface area contributed by atoms with E-state index >= 15 is 0 Å². The number of alkyl halides is 2. The molecule has 0 heterocycles. The summed E-state index contributed by atoms with van der Waals surface area (Å²) in [5.41, 5.74) is 6.49. The molecule has 1 rings (SSSR count). The molecule has 0 radical (unpaired) electrons. The zero-order chi connectivity index (χ0) is 14.3. The second-order valence-electron chi connectivity index (χ2n) is 4.08. The SMILES string of the molecule is CC[C@H](N)C(=O)NCCc1ccc(OC(F)F)cc1. The lowest BCUT2D eigenvalue weighted by molar-refractivity contribution is -0.122. The summed E-state index contributed by atoms with van der Waals surface area (Å²) in [7, 11) is 0. The molecule has 0 aliphatic heterocycles. The van der Waals surface area contributed by atoms with E-state index in [2.05, 4.69) is 10.1 Å². The van der Waals surface area contributed by atoms with Crippen molar-refractivity contribution in [3.05, 3.63) is 29.8 Å². The molecule has 0 saturated carbocycles. The highest BCUT2D eigenvalue weighted by molar-refractivity contribution is 5.81. The van der Waals surface area contributed by atoms with Crippen molar-refractivity contribution in [2.24, 2.45) is 5.73 Å². The predicted octanol–water partition coefficient (Wildman–Crippen LogP) is 1.68. The number of nitrogens with one attached hydrogen (secondary N) is 1. The Kier molecular flexibility index (Phi) is 6.21. The quantitative estimate of drug-likeness (QED) is 0.793. The second kappa shape index (κ2) is 7.68. The minimum atomic E-state index is -2.82. The van der Waals surface area contributed by atoms with Gasteiger partial charge < -0.3 is 15.8 Å². The Labute approximate surface area is 110 Å². The van der Waals surface area contributed by atoms with E-state index in [-0.39, 0.29) is 11.7 Å². The highest BCUT2D eigenvalue weighted by Crippen LogP contribution is 2.14. The Morgan fingerprint density at radius 1 is 1.37 bits per heavy atom. The van der Waals surface area contributed by atoms with Crippen LogP contribution in [0.1, 0.15) is 18.9 Å². The highest BCUT2D eigenvalue weighted by atomic mass is 19.3. The first-order valence-electron chi connectivity index (χ1n) is 6.10. The molecule has 1 aromatic carbocycles. The second-order valence-corrected chi connectivity index (χ2v) is 4.08. The zero-order valence-corrected chi connectivity index (χ0v) is 10.7. The van der Waals surface area contributed by atoms with E-state index in [1.165, 1.54) is 12.1 Å². The molecule has 3 N–H and O–H groups in total. The van der Waals surface area contributed by atoms with Gasteiger partial charge in [0.05, 0.1) is 6.04 Å². The normalized spacial score (nSPS) is 12.3. The Balaban J connectivity index is 2.36. The van der Waals surface area contributed by atoms with Gasteiger partial charge in [0.25, 0.3) is 0 Å². The molecular weight excluding hydrogens is 254 g/mol. The van der Waals surface area contributed by atoms with Gasteiger partial charge in [-0.15, -0.1) is 0 Å².